The molecule has 1 fully saturated rings. The summed E-state index contributed by atoms with van der Waals surface area (Å²) in [5, 5.41) is 54.7. The summed E-state index contributed by atoms with van der Waals surface area (Å²) in [6.07, 6.45) is 64.5. The molecule has 0 aliphatic carbocycles. The fourth-order valence-electron chi connectivity index (χ4n) is 11.1. The smallest absolute Gasteiger partial charge is 0.220 e. The van der Waals surface area contributed by atoms with Crippen LogP contribution in [0.1, 0.15) is 348 Å². The average molecular weight is 1060 g/mol. The predicted octanol–water partition coefficient (Wildman–Crippen LogP) is 17.5. The number of carbonyl (C=O) groups excluding carboxylic acids is 1. The normalized spacial score (nSPS) is 18.8. The molecule has 7 unspecified atom stereocenters. The summed E-state index contributed by atoms with van der Waals surface area (Å²) < 4.78 is 11.3. The van der Waals surface area contributed by atoms with E-state index in [0.29, 0.717) is 6.42 Å². The van der Waals surface area contributed by atoms with E-state index in [9.17, 15) is 30.3 Å². The molecule has 9 heteroatoms. The van der Waals surface area contributed by atoms with Gasteiger partial charge < -0.3 is 40.3 Å². The van der Waals surface area contributed by atoms with E-state index in [2.05, 4.69) is 19.2 Å². The van der Waals surface area contributed by atoms with Gasteiger partial charge in [0.05, 0.1) is 25.4 Å². The van der Waals surface area contributed by atoms with Crippen molar-refractivity contribution in [1.82, 2.24) is 5.32 Å². The molecule has 0 aromatic heterocycles. The number of allylic oxidation sites excluding steroid dienone is 1. The first-order chi connectivity index (χ1) is 36.8. The Morgan fingerprint density at radius 1 is 0.440 bits per heavy atom. The van der Waals surface area contributed by atoms with Gasteiger partial charge in [-0.2, -0.15) is 0 Å². The van der Waals surface area contributed by atoms with Crippen molar-refractivity contribution in [2.24, 2.45) is 0 Å². The highest BCUT2D eigenvalue weighted by atomic mass is 16.7. The van der Waals surface area contributed by atoms with Gasteiger partial charge in [-0.15, -0.1) is 0 Å². The Bertz CT molecular complexity index is 1190. The molecular weight excluding hydrogens is 935 g/mol. The maximum atomic E-state index is 13.1. The summed E-state index contributed by atoms with van der Waals surface area (Å²) in [6.45, 7) is 3.84. The molecule has 446 valence electrons. The number of amides is 1. The number of carbonyl (C=O) groups is 1. The van der Waals surface area contributed by atoms with Gasteiger partial charge in [-0.05, 0) is 19.3 Å². The van der Waals surface area contributed by atoms with Crippen molar-refractivity contribution in [1.29, 1.82) is 0 Å². The van der Waals surface area contributed by atoms with Crippen molar-refractivity contribution in [3.8, 4) is 0 Å². The topological polar surface area (TPSA) is 149 Å². The summed E-state index contributed by atoms with van der Waals surface area (Å²) in [5.41, 5.74) is 0. The first-order valence-corrected chi connectivity index (χ1v) is 33.4. The Balaban J connectivity index is 2.14. The van der Waals surface area contributed by atoms with Crippen LogP contribution in [-0.4, -0.2) is 87.5 Å². The van der Waals surface area contributed by atoms with Crippen LogP contribution in [0.25, 0.3) is 0 Å². The summed E-state index contributed by atoms with van der Waals surface area (Å²) in [4.78, 5) is 13.1. The number of nitrogens with one attached hydrogen (secondary N) is 1. The minimum absolute atomic E-state index is 0.167. The Hall–Kier alpha value is -1.07. The number of ether oxygens (including phenoxy) is 2. The summed E-state index contributed by atoms with van der Waals surface area (Å²) >= 11 is 0. The van der Waals surface area contributed by atoms with Gasteiger partial charge in [-0.25, -0.2) is 0 Å². The van der Waals surface area contributed by atoms with Gasteiger partial charge in [0.1, 0.15) is 24.4 Å². The fraction of sp³-hybridized carbons (Fsp3) is 0.955. The number of aliphatic hydroxyl groups is 5. The minimum Gasteiger partial charge on any atom is -0.394 e. The standard InChI is InChI=1S/C66H129NO8/c1-3-5-7-9-11-13-15-17-19-21-23-25-27-29-30-31-32-34-36-38-40-42-44-46-48-50-52-54-56-62(70)67-59(58-74-66-65(73)64(72)63(71)61(57-68)75-66)60(69)55-53-51-49-47-45-43-41-39-37-35-33-28-26-24-22-20-18-16-14-12-10-8-6-4-2/h53,55,59-61,63-66,68-69,71-73H,3-52,54,56-58H2,1-2H3,(H,67,70)/b55-53+. The lowest BCUT2D eigenvalue weighted by Crippen LogP contribution is -2.60. The quantitative estimate of drug-likeness (QED) is 0.0261. The molecular formula is C66H129NO8. The van der Waals surface area contributed by atoms with Crippen LogP contribution < -0.4 is 5.32 Å². The molecule has 1 amide bonds. The molecule has 7 atom stereocenters. The van der Waals surface area contributed by atoms with Crippen LogP contribution in [0.5, 0.6) is 0 Å². The van der Waals surface area contributed by atoms with Gasteiger partial charge >= 0.3 is 0 Å². The Kier molecular flexibility index (Phi) is 53.9. The Morgan fingerprint density at radius 3 is 1.04 bits per heavy atom. The van der Waals surface area contributed by atoms with Crippen molar-refractivity contribution in [2.45, 2.75) is 391 Å². The zero-order valence-corrected chi connectivity index (χ0v) is 49.8. The van der Waals surface area contributed by atoms with E-state index in [4.69, 9.17) is 9.47 Å². The molecule has 1 aliphatic heterocycles. The van der Waals surface area contributed by atoms with Crippen molar-refractivity contribution in [2.75, 3.05) is 13.2 Å². The molecule has 1 saturated heterocycles. The summed E-state index contributed by atoms with van der Waals surface area (Å²) in [6, 6.07) is -0.801. The van der Waals surface area contributed by atoms with E-state index in [0.717, 1.165) is 38.5 Å². The highest BCUT2D eigenvalue weighted by molar-refractivity contribution is 5.76. The highest BCUT2D eigenvalue weighted by Crippen LogP contribution is 2.23. The second kappa shape index (κ2) is 56.2. The predicted molar refractivity (Wildman–Crippen MR) is 318 cm³/mol. The van der Waals surface area contributed by atoms with Crippen LogP contribution >= 0.6 is 0 Å². The van der Waals surface area contributed by atoms with E-state index in [1.165, 1.54) is 289 Å². The van der Waals surface area contributed by atoms with Crippen LogP contribution in [0, 0.1) is 0 Å². The average Bonchev–Trinajstić information content (AvgIpc) is 3.41. The van der Waals surface area contributed by atoms with Gasteiger partial charge in [-0.3, -0.25) is 4.79 Å². The monoisotopic (exact) mass is 1060 g/mol. The molecule has 9 nitrogen and oxygen atoms in total. The molecule has 6 N–H and O–H groups in total. The largest absolute Gasteiger partial charge is 0.394 e. The third-order valence-corrected chi connectivity index (χ3v) is 16.4. The number of rotatable bonds is 59. The zero-order chi connectivity index (χ0) is 54.3. The molecule has 1 rings (SSSR count). The molecule has 75 heavy (non-hydrogen) atoms. The molecule has 0 radical (unpaired) electrons. The highest BCUT2D eigenvalue weighted by Gasteiger charge is 2.44. The molecule has 0 spiro atoms. The van der Waals surface area contributed by atoms with Crippen molar-refractivity contribution in [3.05, 3.63) is 12.2 Å². The number of hydrogen-bond donors (Lipinski definition) is 6. The molecule has 0 saturated carbocycles. The lowest BCUT2D eigenvalue weighted by Gasteiger charge is -2.40. The molecule has 1 aliphatic rings. The number of unbranched alkanes of at least 4 members (excludes halogenated alkanes) is 49. The maximum Gasteiger partial charge on any atom is 0.220 e. The van der Waals surface area contributed by atoms with E-state index in [-0.39, 0.29) is 12.5 Å². The number of aliphatic hydroxyl groups excluding tert-OH is 5. The lowest BCUT2D eigenvalue weighted by atomic mass is 9.99. The van der Waals surface area contributed by atoms with Crippen LogP contribution in [-0.2, 0) is 14.3 Å². The summed E-state index contributed by atoms with van der Waals surface area (Å²) in [7, 11) is 0. The second-order valence-electron chi connectivity index (χ2n) is 23.6. The summed E-state index contributed by atoms with van der Waals surface area (Å²) in [5.74, 6) is -0.167. The zero-order valence-electron chi connectivity index (χ0n) is 49.8. The third-order valence-electron chi connectivity index (χ3n) is 16.4. The fourth-order valence-corrected chi connectivity index (χ4v) is 11.1. The van der Waals surface area contributed by atoms with E-state index in [1.807, 2.05) is 6.08 Å². The van der Waals surface area contributed by atoms with Gasteiger partial charge in [0.2, 0.25) is 5.91 Å². The van der Waals surface area contributed by atoms with Crippen molar-refractivity contribution in [3.63, 3.8) is 0 Å². The van der Waals surface area contributed by atoms with Gasteiger partial charge in [0.25, 0.3) is 0 Å². The maximum absolute atomic E-state index is 13.1. The van der Waals surface area contributed by atoms with Crippen LogP contribution in [0.2, 0.25) is 0 Å². The second-order valence-corrected chi connectivity index (χ2v) is 23.6. The van der Waals surface area contributed by atoms with Crippen molar-refractivity contribution >= 4 is 5.91 Å². The number of hydrogen-bond acceptors (Lipinski definition) is 8. The first-order valence-electron chi connectivity index (χ1n) is 33.4. The molecule has 0 aromatic carbocycles. The van der Waals surface area contributed by atoms with E-state index >= 15 is 0 Å². The molecule has 0 aromatic rings. The Morgan fingerprint density at radius 2 is 0.733 bits per heavy atom. The first kappa shape index (κ1) is 71.9. The third kappa shape index (κ3) is 45.4. The lowest BCUT2D eigenvalue weighted by molar-refractivity contribution is -0.302. The van der Waals surface area contributed by atoms with Crippen LogP contribution in [0.3, 0.4) is 0 Å². The Labute approximate surface area is 465 Å². The van der Waals surface area contributed by atoms with Crippen LogP contribution in [0.4, 0.5) is 0 Å². The van der Waals surface area contributed by atoms with Gasteiger partial charge in [-0.1, -0.05) is 334 Å². The molecule has 0 bridgehead atoms. The SMILES string of the molecule is CCCCCCCCCCCCCCCCCCCCCCCC/C=C/C(O)C(COC1OC(CO)C(O)C(O)C1O)NC(=O)CCCCCCCCCCCCCCCCCCCCCCCCCCCCCC. The van der Waals surface area contributed by atoms with Gasteiger partial charge in [0, 0.05) is 6.42 Å². The van der Waals surface area contributed by atoms with Gasteiger partial charge in [0.15, 0.2) is 6.29 Å². The molecule has 1 heterocycles. The van der Waals surface area contributed by atoms with E-state index in [1.54, 1.807) is 6.08 Å². The van der Waals surface area contributed by atoms with E-state index < -0.39 is 49.5 Å². The van der Waals surface area contributed by atoms with Crippen molar-refractivity contribution < 1.29 is 39.8 Å². The van der Waals surface area contributed by atoms with Crippen LogP contribution in [0.15, 0.2) is 12.2 Å². The minimum atomic E-state index is -1.56.